The summed E-state index contributed by atoms with van der Waals surface area (Å²) in [5.41, 5.74) is 1.36. The second kappa shape index (κ2) is 6.51. The van der Waals surface area contributed by atoms with Gasteiger partial charge >= 0.3 is 5.97 Å². The number of aliphatic carboxylic acids is 1. The van der Waals surface area contributed by atoms with Gasteiger partial charge in [0.25, 0.3) is 0 Å². The third-order valence-corrected chi connectivity index (χ3v) is 5.27. The van der Waals surface area contributed by atoms with Gasteiger partial charge in [-0.15, -0.1) is 0 Å². The van der Waals surface area contributed by atoms with E-state index in [1.54, 1.807) is 19.1 Å². The fraction of sp³-hybridized carbons (Fsp3) is 0.333. The van der Waals surface area contributed by atoms with Gasteiger partial charge in [-0.25, -0.2) is 17.7 Å². The van der Waals surface area contributed by atoms with E-state index in [0.29, 0.717) is 11.6 Å². The van der Waals surface area contributed by atoms with Crippen molar-refractivity contribution in [2.45, 2.75) is 18.7 Å². The van der Waals surface area contributed by atoms with Crippen molar-refractivity contribution < 1.29 is 22.7 Å². The minimum atomic E-state index is -3.74. The molecule has 1 atom stereocenters. The van der Waals surface area contributed by atoms with Gasteiger partial charge in [0, 0.05) is 26.1 Å². The summed E-state index contributed by atoms with van der Waals surface area (Å²) < 4.78 is 31.1. The van der Waals surface area contributed by atoms with Gasteiger partial charge in [-0.3, -0.25) is 4.79 Å². The van der Waals surface area contributed by atoms with Gasteiger partial charge in [-0.1, -0.05) is 19.1 Å². The Bertz CT molecular complexity index is 796. The topological polar surface area (TPSA) is 101 Å². The molecule has 0 bridgehead atoms. The van der Waals surface area contributed by atoms with E-state index in [9.17, 15) is 13.2 Å². The molecule has 2 aromatic rings. The number of nitrogens with zero attached hydrogens (tertiary/aromatic N) is 2. The van der Waals surface area contributed by atoms with Crippen LogP contribution in [0.2, 0.25) is 0 Å². The van der Waals surface area contributed by atoms with E-state index >= 15 is 0 Å². The van der Waals surface area contributed by atoms with Gasteiger partial charge in [0.2, 0.25) is 10.0 Å². The van der Waals surface area contributed by atoms with E-state index in [2.05, 4.69) is 4.98 Å². The number of hydrogen-bond donors (Lipinski definition) is 1. The van der Waals surface area contributed by atoms with Crippen LogP contribution in [0.25, 0.3) is 11.3 Å². The first-order valence-corrected chi connectivity index (χ1v) is 8.37. The molecule has 7 nitrogen and oxygen atoms in total. The predicted molar refractivity (Wildman–Crippen MR) is 83.3 cm³/mol. The fourth-order valence-corrected chi connectivity index (χ4v) is 3.30. The molecular formula is C15H18N2O5S. The average molecular weight is 338 g/mol. The van der Waals surface area contributed by atoms with Crippen molar-refractivity contribution in [3.8, 4) is 11.3 Å². The molecule has 0 saturated carbocycles. The Labute approximate surface area is 134 Å². The van der Waals surface area contributed by atoms with Crippen molar-refractivity contribution in [3.05, 3.63) is 36.4 Å². The summed E-state index contributed by atoms with van der Waals surface area (Å²) in [5, 5.41) is 8.89. The summed E-state index contributed by atoms with van der Waals surface area (Å²) in [4.78, 5) is 15.1. The molecule has 23 heavy (non-hydrogen) atoms. The Kier molecular flexibility index (Phi) is 4.86. The van der Waals surface area contributed by atoms with E-state index < -0.39 is 21.9 Å². The Morgan fingerprint density at radius 3 is 2.43 bits per heavy atom. The maximum absolute atomic E-state index is 12.4. The number of rotatable bonds is 6. The number of benzene rings is 1. The number of oxazole rings is 1. The first-order chi connectivity index (χ1) is 10.7. The lowest BCUT2D eigenvalue weighted by molar-refractivity contribution is -0.141. The zero-order valence-corrected chi connectivity index (χ0v) is 13.9. The lowest BCUT2D eigenvalue weighted by Gasteiger charge is -2.19. The number of aromatic nitrogens is 1. The van der Waals surface area contributed by atoms with Crippen LogP contribution in [0.3, 0.4) is 0 Å². The summed E-state index contributed by atoms with van der Waals surface area (Å²) in [7, 11) is -2.37. The largest absolute Gasteiger partial charge is 0.481 e. The average Bonchev–Trinajstić information content (AvgIpc) is 2.93. The Balaban J connectivity index is 2.22. The molecule has 0 aliphatic heterocycles. The van der Waals surface area contributed by atoms with Gasteiger partial charge in [0.05, 0.1) is 10.8 Å². The summed E-state index contributed by atoms with van der Waals surface area (Å²) in [6, 6.07) is 6.21. The van der Waals surface area contributed by atoms with Crippen molar-refractivity contribution in [2.75, 3.05) is 13.6 Å². The normalized spacial score (nSPS) is 13.2. The number of hydrogen-bond acceptors (Lipinski definition) is 5. The zero-order valence-electron chi connectivity index (χ0n) is 13.1. The first kappa shape index (κ1) is 17.2. The quantitative estimate of drug-likeness (QED) is 0.864. The maximum Gasteiger partial charge on any atom is 0.307 e. The third-order valence-electron chi connectivity index (χ3n) is 3.43. The van der Waals surface area contributed by atoms with Gasteiger partial charge in [-0.05, 0) is 12.1 Å². The summed E-state index contributed by atoms with van der Waals surface area (Å²) in [6.45, 7) is 3.09. The van der Waals surface area contributed by atoms with Gasteiger partial charge < -0.3 is 9.52 Å². The van der Waals surface area contributed by atoms with Crippen LogP contribution in [0.15, 0.2) is 39.8 Å². The lowest BCUT2D eigenvalue weighted by Crippen LogP contribution is -2.33. The highest BCUT2D eigenvalue weighted by Gasteiger charge is 2.24. The van der Waals surface area contributed by atoms with Crippen LogP contribution < -0.4 is 0 Å². The lowest BCUT2D eigenvalue weighted by atomic mass is 10.2. The molecule has 1 N–H and O–H groups in total. The number of sulfonamides is 1. The summed E-state index contributed by atoms with van der Waals surface area (Å²) in [5.74, 6) is -1.30. The van der Waals surface area contributed by atoms with Crippen LogP contribution in [-0.4, -0.2) is 42.4 Å². The van der Waals surface area contributed by atoms with Crippen molar-refractivity contribution >= 4 is 16.0 Å². The van der Waals surface area contributed by atoms with E-state index in [1.165, 1.54) is 32.4 Å². The van der Waals surface area contributed by atoms with Crippen LogP contribution in [0.5, 0.6) is 0 Å². The highest BCUT2D eigenvalue weighted by Crippen LogP contribution is 2.22. The van der Waals surface area contributed by atoms with Gasteiger partial charge in [0.15, 0.2) is 5.89 Å². The molecule has 1 heterocycles. The van der Waals surface area contributed by atoms with E-state index in [0.717, 1.165) is 9.87 Å². The smallest absolute Gasteiger partial charge is 0.307 e. The molecule has 0 saturated heterocycles. The first-order valence-electron chi connectivity index (χ1n) is 6.93. The highest BCUT2D eigenvalue weighted by molar-refractivity contribution is 7.89. The van der Waals surface area contributed by atoms with Crippen molar-refractivity contribution in [2.24, 2.45) is 5.92 Å². The number of carbonyl (C=O) groups is 1. The predicted octanol–water partition coefficient (Wildman–Crippen LogP) is 1.99. The second-order valence-corrected chi connectivity index (χ2v) is 7.35. The Hall–Kier alpha value is -2.19. The summed E-state index contributed by atoms with van der Waals surface area (Å²) >= 11 is 0. The minimum absolute atomic E-state index is 0.0953. The maximum atomic E-state index is 12.4. The number of aryl methyl sites for hydroxylation is 1. The Morgan fingerprint density at radius 2 is 1.96 bits per heavy atom. The number of carboxylic acids is 1. The molecule has 8 heteroatoms. The van der Waals surface area contributed by atoms with Crippen LogP contribution in [0.1, 0.15) is 12.8 Å². The van der Waals surface area contributed by atoms with E-state index in [1.807, 2.05) is 0 Å². The molecule has 0 aliphatic rings. The van der Waals surface area contributed by atoms with E-state index in [-0.39, 0.29) is 11.4 Å². The second-order valence-electron chi connectivity index (χ2n) is 5.30. The fourth-order valence-electron chi connectivity index (χ4n) is 2.04. The molecule has 124 valence electrons. The molecule has 0 fully saturated rings. The molecule has 0 spiro atoms. The standard InChI is InChI=1S/C15H18N2O5S/c1-10(15(18)19)8-17(3)23(20,21)13-6-4-12(5-7-13)14-9-22-11(2)16-14/h4-7,9-10H,8H2,1-3H3,(H,18,19). The molecule has 0 radical (unpaired) electrons. The van der Waals surface area contributed by atoms with Crippen LogP contribution in [0.4, 0.5) is 0 Å². The van der Waals surface area contributed by atoms with Crippen LogP contribution in [-0.2, 0) is 14.8 Å². The Morgan fingerprint density at radius 1 is 1.35 bits per heavy atom. The van der Waals surface area contributed by atoms with Crippen molar-refractivity contribution in [1.29, 1.82) is 0 Å². The monoisotopic (exact) mass is 338 g/mol. The molecular weight excluding hydrogens is 320 g/mol. The van der Waals surface area contributed by atoms with Crippen molar-refractivity contribution in [1.82, 2.24) is 9.29 Å². The van der Waals surface area contributed by atoms with Crippen molar-refractivity contribution in [3.63, 3.8) is 0 Å². The molecule has 0 aliphatic carbocycles. The molecule has 1 unspecified atom stereocenters. The molecule has 1 aromatic carbocycles. The minimum Gasteiger partial charge on any atom is -0.481 e. The molecule has 1 aromatic heterocycles. The molecule has 2 rings (SSSR count). The number of carboxylic acid groups (broad SMARTS) is 1. The molecule has 0 amide bonds. The zero-order chi connectivity index (χ0) is 17.2. The SMILES string of the molecule is Cc1nc(-c2ccc(S(=O)(=O)N(C)CC(C)C(=O)O)cc2)co1. The van der Waals surface area contributed by atoms with Gasteiger partial charge in [-0.2, -0.15) is 0 Å². The van der Waals surface area contributed by atoms with Crippen LogP contribution in [0, 0.1) is 12.8 Å². The third kappa shape index (κ3) is 3.77. The highest BCUT2D eigenvalue weighted by atomic mass is 32.2. The van der Waals surface area contributed by atoms with E-state index in [4.69, 9.17) is 9.52 Å². The summed E-state index contributed by atoms with van der Waals surface area (Å²) in [6.07, 6.45) is 1.50. The van der Waals surface area contributed by atoms with Gasteiger partial charge in [0.1, 0.15) is 12.0 Å². The van der Waals surface area contributed by atoms with Crippen LogP contribution >= 0.6 is 0 Å².